The lowest BCUT2D eigenvalue weighted by molar-refractivity contribution is -0.130. The molecular formula is C35H46FN3O2S. The number of carbonyl (C=O) groups excluding carboxylic acids is 2. The zero-order valence-corrected chi connectivity index (χ0v) is 26.0. The molecule has 3 fully saturated rings. The van der Waals surface area contributed by atoms with E-state index in [9.17, 15) is 14.0 Å². The molecule has 2 aliphatic carbocycles. The molecule has 2 saturated carbocycles. The molecule has 0 radical (unpaired) electrons. The van der Waals surface area contributed by atoms with E-state index in [0.717, 1.165) is 44.2 Å². The molecular weight excluding hydrogens is 545 g/mol. The first-order chi connectivity index (χ1) is 20.4. The van der Waals surface area contributed by atoms with Crippen LogP contribution < -0.4 is 5.32 Å². The Morgan fingerprint density at radius 1 is 1.05 bits per heavy atom. The van der Waals surface area contributed by atoms with Gasteiger partial charge in [0.25, 0.3) is 11.8 Å². The van der Waals surface area contributed by atoms with Gasteiger partial charge in [0.05, 0.1) is 4.91 Å². The first kappa shape index (κ1) is 30.8. The molecule has 0 aromatic heterocycles. The van der Waals surface area contributed by atoms with Gasteiger partial charge in [0, 0.05) is 54.1 Å². The molecule has 3 unspecified atom stereocenters. The molecule has 2 aromatic rings. The standard InChI is InChI=1S/C35H46FN3O2S/c1-3-25(2)38(29-12-5-4-6-13-29)22-21-37-34(40)27-19-17-26(18-20-27)23-33-35(41)39(24-28-11-7-8-14-30(28)36)31-15-9-10-16-32(31)42-33/h7-8,11,14,17-20,23,25,29,31-32H,3-6,9-10,12-13,15-16,21-22,24H2,1-2H3,(H,37,40)/b33-23+. The number of hydrogen-bond acceptors (Lipinski definition) is 4. The van der Waals surface area contributed by atoms with Gasteiger partial charge in [-0.15, -0.1) is 11.8 Å². The normalized spacial score (nSPS) is 23.2. The molecule has 7 heteroatoms. The van der Waals surface area contributed by atoms with Crippen LogP contribution in [0.25, 0.3) is 6.08 Å². The average Bonchev–Trinajstić information content (AvgIpc) is 3.02. The van der Waals surface area contributed by atoms with Crippen molar-refractivity contribution < 1.29 is 14.0 Å². The highest BCUT2D eigenvalue weighted by molar-refractivity contribution is 8.04. The third-order valence-electron chi connectivity index (χ3n) is 9.44. The summed E-state index contributed by atoms with van der Waals surface area (Å²) in [5.74, 6) is -0.361. The van der Waals surface area contributed by atoms with Crippen molar-refractivity contribution in [3.05, 3.63) is 75.9 Å². The number of fused-ring (bicyclic) bond motifs is 1. The lowest BCUT2D eigenvalue weighted by atomic mass is 9.92. The van der Waals surface area contributed by atoms with E-state index >= 15 is 0 Å². The Bertz CT molecular complexity index is 1240. The molecule has 2 aromatic carbocycles. The maximum atomic E-state index is 14.5. The molecule has 0 bridgehead atoms. The molecule has 226 valence electrons. The summed E-state index contributed by atoms with van der Waals surface area (Å²) >= 11 is 1.67. The van der Waals surface area contributed by atoms with Gasteiger partial charge in [0.15, 0.2) is 0 Å². The van der Waals surface area contributed by atoms with E-state index in [1.54, 1.807) is 23.9 Å². The number of hydrogen-bond donors (Lipinski definition) is 1. The smallest absolute Gasteiger partial charge is 0.260 e. The Morgan fingerprint density at radius 2 is 1.76 bits per heavy atom. The lowest BCUT2D eigenvalue weighted by Crippen LogP contribution is -2.50. The Kier molecular flexibility index (Phi) is 10.8. The van der Waals surface area contributed by atoms with Gasteiger partial charge in [0.2, 0.25) is 0 Å². The predicted octanol–water partition coefficient (Wildman–Crippen LogP) is 7.42. The maximum Gasteiger partial charge on any atom is 0.260 e. The number of amides is 2. The Balaban J connectivity index is 1.22. The van der Waals surface area contributed by atoms with Crippen LogP contribution in [0.5, 0.6) is 0 Å². The zero-order chi connectivity index (χ0) is 29.5. The monoisotopic (exact) mass is 591 g/mol. The Labute approximate surface area is 255 Å². The van der Waals surface area contributed by atoms with Crippen molar-refractivity contribution in [3.8, 4) is 0 Å². The summed E-state index contributed by atoms with van der Waals surface area (Å²) in [6.45, 7) is 6.34. The molecule has 3 aliphatic rings. The summed E-state index contributed by atoms with van der Waals surface area (Å²) in [5, 5.41) is 3.45. The molecule has 5 rings (SSSR count). The van der Waals surface area contributed by atoms with Crippen LogP contribution in [0.4, 0.5) is 4.39 Å². The van der Waals surface area contributed by atoms with Crippen LogP contribution in [0.2, 0.25) is 0 Å². The molecule has 1 saturated heterocycles. The van der Waals surface area contributed by atoms with Crippen LogP contribution in [0.3, 0.4) is 0 Å². The fraction of sp³-hybridized carbons (Fsp3) is 0.543. The van der Waals surface area contributed by atoms with Crippen LogP contribution in [0, 0.1) is 5.82 Å². The molecule has 1 N–H and O–H groups in total. The first-order valence-corrected chi connectivity index (χ1v) is 16.9. The number of carbonyl (C=O) groups is 2. The molecule has 42 heavy (non-hydrogen) atoms. The number of rotatable bonds is 10. The second kappa shape index (κ2) is 14.7. The van der Waals surface area contributed by atoms with Crippen molar-refractivity contribution in [1.29, 1.82) is 0 Å². The van der Waals surface area contributed by atoms with Gasteiger partial charge >= 0.3 is 0 Å². The molecule has 1 aliphatic heterocycles. The molecule has 5 nitrogen and oxygen atoms in total. The van der Waals surface area contributed by atoms with Crippen LogP contribution in [-0.2, 0) is 11.3 Å². The highest BCUT2D eigenvalue weighted by Gasteiger charge is 2.40. The zero-order valence-electron chi connectivity index (χ0n) is 25.2. The van der Waals surface area contributed by atoms with Gasteiger partial charge in [-0.25, -0.2) is 4.39 Å². The molecule has 2 amide bonds. The summed E-state index contributed by atoms with van der Waals surface area (Å²) in [5.41, 5.74) is 2.08. The highest BCUT2D eigenvalue weighted by atomic mass is 32.2. The van der Waals surface area contributed by atoms with Crippen molar-refractivity contribution in [2.24, 2.45) is 0 Å². The lowest BCUT2D eigenvalue weighted by Gasteiger charge is -2.44. The summed E-state index contributed by atoms with van der Waals surface area (Å²) < 4.78 is 14.5. The highest BCUT2D eigenvalue weighted by Crippen LogP contribution is 2.43. The topological polar surface area (TPSA) is 52.7 Å². The molecule has 0 spiro atoms. The minimum atomic E-state index is -0.267. The molecule has 1 heterocycles. The van der Waals surface area contributed by atoms with Gasteiger partial charge < -0.3 is 10.2 Å². The largest absolute Gasteiger partial charge is 0.351 e. The minimum absolute atomic E-state index is 0.0305. The van der Waals surface area contributed by atoms with E-state index in [1.165, 1.54) is 38.2 Å². The van der Waals surface area contributed by atoms with Crippen LogP contribution in [-0.4, -0.2) is 58.1 Å². The maximum absolute atomic E-state index is 14.5. The third-order valence-corrected chi connectivity index (χ3v) is 10.8. The van der Waals surface area contributed by atoms with E-state index < -0.39 is 0 Å². The van der Waals surface area contributed by atoms with Crippen LogP contribution in [0.15, 0.2) is 53.4 Å². The fourth-order valence-electron chi connectivity index (χ4n) is 6.86. The van der Waals surface area contributed by atoms with Gasteiger partial charge in [0.1, 0.15) is 5.82 Å². The van der Waals surface area contributed by atoms with E-state index in [1.807, 2.05) is 41.3 Å². The van der Waals surface area contributed by atoms with E-state index in [4.69, 9.17) is 0 Å². The van der Waals surface area contributed by atoms with Gasteiger partial charge in [-0.05, 0) is 68.9 Å². The number of benzene rings is 2. The summed E-state index contributed by atoms with van der Waals surface area (Å²) in [4.78, 5) is 31.8. The first-order valence-electron chi connectivity index (χ1n) is 16.0. The summed E-state index contributed by atoms with van der Waals surface area (Å²) in [7, 11) is 0. The average molecular weight is 592 g/mol. The SMILES string of the molecule is CCC(C)N(CCNC(=O)c1ccc(/C=C2/SC3CCCCC3N(Cc3ccccc3F)C2=O)cc1)C1CCCCC1. The van der Waals surface area contributed by atoms with E-state index in [0.29, 0.717) is 46.5 Å². The second-order valence-corrected chi connectivity index (χ2v) is 13.5. The number of halogens is 1. The number of nitrogens with one attached hydrogen (secondary N) is 1. The quantitative estimate of drug-likeness (QED) is 0.292. The van der Waals surface area contributed by atoms with Crippen LogP contribution in [0.1, 0.15) is 99.5 Å². The minimum Gasteiger partial charge on any atom is -0.351 e. The van der Waals surface area contributed by atoms with Crippen molar-refractivity contribution >= 4 is 29.7 Å². The number of nitrogens with zero attached hydrogens (tertiary/aromatic N) is 2. The Morgan fingerprint density at radius 3 is 2.50 bits per heavy atom. The van der Waals surface area contributed by atoms with Crippen molar-refractivity contribution in [3.63, 3.8) is 0 Å². The van der Waals surface area contributed by atoms with Gasteiger partial charge in [-0.1, -0.05) is 69.4 Å². The second-order valence-electron chi connectivity index (χ2n) is 12.2. The van der Waals surface area contributed by atoms with E-state index in [-0.39, 0.29) is 23.7 Å². The number of thioether (sulfide) groups is 1. The summed E-state index contributed by atoms with van der Waals surface area (Å²) in [6, 6.07) is 15.5. The van der Waals surface area contributed by atoms with Crippen molar-refractivity contribution in [1.82, 2.24) is 15.1 Å². The Hall–Kier alpha value is -2.64. The van der Waals surface area contributed by atoms with Crippen molar-refractivity contribution in [2.75, 3.05) is 13.1 Å². The third kappa shape index (κ3) is 7.46. The molecule has 3 atom stereocenters. The van der Waals surface area contributed by atoms with Gasteiger partial charge in [-0.3, -0.25) is 14.5 Å². The van der Waals surface area contributed by atoms with Gasteiger partial charge in [-0.2, -0.15) is 0 Å². The fourth-order valence-corrected chi connectivity index (χ4v) is 8.34. The van der Waals surface area contributed by atoms with Crippen LogP contribution >= 0.6 is 11.8 Å². The predicted molar refractivity (Wildman–Crippen MR) is 171 cm³/mol. The summed E-state index contributed by atoms with van der Waals surface area (Å²) in [6.07, 6.45) is 13.8. The van der Waals surface area contributed by atoms with Crippen molar-refractivity contribution in [2.45, 2.75) is 108 Å². The van der Waals surface area contributed by atoms with E-state index in [2.05, 4.69) is 24.1 Å².